The van der Waals surface area contributed by atoms with Crippen molar-refractivity contribution in [3.8, 4) is 6.07 Å². The Hall–Kier alpha value is -1.31. The van der Waals surface area contributed by atoms with Crippen LogP contribution < -0.4 is 10.2 Å². The number of anilines is 1. The van der Waals surface area contributed by atoms with Crippen molar-refractivity contribution in [2.24, 2.45) is 5.92 Å². The molecule has 0 spiro atoms. The Morgan fingerprint density at radius 3 is 2.89 bits per heavy atom. The van der Waals surface area contributed by atoms with Crippen molar-refractivity contribution >= 4 is 17.4 Å². The summed E-state index contributed by atoms with van der Waals surface area (Å²) < 4.78 is 0. The molecule has 0 radical (unpaired) electrons. The van der Waals surface area contributed by atoms with E-state index in [1.165, 1.54) is 0 Å². The molecule has 18 heavy (non-hydrogen) atoms. The fourth-order valence-corrected chi connectivity index (χ4v) is 2.65. The van der Waals surface area contributed by atoms with E-state index in [9.17, 15) is 0 Å². The average molecular weight is 265 g/mol. The first-order chi connectivity index (χ1) is 8.76. The van der Waals surface area contributed by atoms with E-state index in [1.807, 2.05) is 7.05 Å². The van der Waals surface area contributed by atoms with Crippen LogP contribution in [0.5, 0.6) is 0 Å². The highest BCUT2D eigenvalue weighted by molar-refractivity contribution is 6.34. The molecule has 0 unspecified atom stereocenters. The molecule has 1 aromatic heterocycles. The lowest BCUT2D eigenvalue weighted by Gasteiger charge is -2.33. The van der Waals surface area contributed by atoms with Gasteiger partial charge in [0, 0.05) is 19.3 Å². The lowest BCUT2D eigenvalue weighted by atomic mass is 9.97. The van der Waals surface area contributed by atoms with Crippen molar-refractivity contribution < 1.29 is 0 Å². The first-order valence-electron chi connectivity index (χ1n) is 6.20. The standard InChI is InChI=1S/C13H17ClN4/c1-16-9-10-3-6-18(7-4-10)13-12(14)11(8-15)2-5-17-13/h2,5,10,16H,3-4,6-7,9H2,1H3. The molecule has 5 heteroatoms. The van der Waals surface area contributed by atoms with Gasteiger partial charge in [-0.15, -0.1) is 0 Å². The minimum atomic E-state index is 0.479. The summed E-state index contributed by atoms with van der Waals surface area (Å²) in [6, 6.07) is 3.75. The van der Waals surface area contributed by atoms with Crippen LogP contribution in [0.25, 0.3) is 0 Å². The van der Waals surface area contributed by atoms with Crippen LogP contribution in [0.2, 0.25) is 5.02 Å². The smallest absolute Gasteiger partial charge is 0.148 e. The molecule has 1 aliphatic rings. The predicted molar refractivity (Wildman–Crippen MR) is 72.8 cm³/mol. The average Bonchev–Trinajstić information content (AvgIpc) is 2.41. The summed E-state index contributed by atoms with van der Waals surface area (Å²) in [5.74, 6) is 1.47. The van der Waals surface area contributed by atoms with Crippen molar-refractivity contribution in [2.75, 3.05) is 31.6 Å². The van der Waals surface area contributed by atoms with E-state index in [4.69, 9.17) is 16.9 Å². The van der Waals surface area contributed by atoms with Gasteiger partial charge in [0.05, 0.1) is 5.56 Å². The maximum absolute atomic E-state index is 8.96. The number of pyridine rings is 1. The Kier molecular flexibility index (Phi) is 4.40. The highest BCUT2D eigenvalue weighted by Gasteiger charge is 2.22. The van der Waals surface area contributed by atoms with Crippen molar-refractivity contribution in [2.45, 2.75) is 12.8 Å². The first kappa shape index (κ1) is 13.1. The summed E-state index contributed by atoms with van der Waals surface area (Å²) in [5, 5.41) is 12.7. The van der Waals surface area contributed by atoms with Gasteiger partial charge in [0.25, 0.3) is 0 Å². The number of halogens is 1. The van der Waals surface area contributed by atoms with Crippen molar-refractivity contribution in [1.82, 2.24) is 10.3 Å². The highest BCUT2D eigenvalue weighted by Crippen LogP contribution is 2.29. The van der Waals surface area contributed by atoms with Gasteiger partial charge in [-0.2, -0.15) is 5.26 Å². The Bertz CT molecular complexity index is 447. The van der Waals surface area contributed by atoms with E-state index in [1.54, 1.807) is 12.3 Å². The zero-order valence-electron chi connectivity index (χ0n) is 10.5. The third-order valence-corrected chi connectivity index (χ3v) is 3.77. The molecular formula is C13H17ClN4. The van der Waals surface area contributed by atoms with Gasteiger partial charge in [-0.1, -0.05) is 11.6 Å². The molecule has 4 nitrogen and oxygen atoms in total. The van der Waals surface area contributed by atoms with E-state index < -0.39 is 0 Å². The SMILES string of the molecule is CNCC1CCN(c2nccc(C#N)c2Cl)CC1. The minimum absolute atomic E-state index is 0.479. The summed E-state index contributed by atoms with van der Waals surface area (Å²) in [7, 11) is 1.99. The van der Waals surface area contributed by atoms with E-state index in [0.717, 1.165) is 44.2 Å². The summed E-state index contributed by atoms with van der Waals surface area (Å²) in [5.41, 5.74) is 0.499. The maximum Gasteiger partial charge on any atom is 0.148 e. The maximum atomic E-state index is 8.96. The van der Waals surface area contributed by atoms with Gasteiger partial charge in [-0.3, -0.25) is 0 Å². The third kappa shape index (κ3) is 2.74. The Morgan fingerprint density at radius 1 is 1.56 bits per heavy atom. The van der Waals surface area contributed by atoms with Gasteiger partial charge < -0.3 is 10.2 Å². The number of nitriles is 1. The summed E-state index contributed by atoms with van der Waals surface area (Å²) >= 11 is 6.20. The molecule has 0 aliphatic carbocycles. The number of nitrogens with one attached hydrogen (secondary N) is 1. The number of aromatic nitrogens is 1. The molecule has 1 fully saturated rings. The van der Waals surface area contributed by atoms with Crippen LogP contribution in [0.1, 0.15) is 18.4 Å². The van der Waals surface area contributed by atoms with Crippen LogP contribution in [0.3, 0.4) is 0 Å². The van der Waals surface area contributed by atoms with E-state index >= 15 is 0 Å². The van der Waals surface area contributed by atoms with Crippen LogP contribution in [-0.2, 0) is 0 Å². The molecule has 0 amide bonds. The Labute approximate surface area is 113 Å². The Morgan fingerprint density at radius 2 is 2.28 bits per heavy atom. The quantitative estimate of drug-likeness (QED) is 0.908. The molecular weight excluding hydrogens is 248 g/mol. The molecule has 1 N–H and O–H groups in total. The zero-order chi connectivity index (χ0) is 13.0. The molecule has 0 saturated carbocycles. The highest BCUT2D eigenvalue weighted by atomic mass is 35.5. The lowest BCUT2D eigenvalue weighted by Crippen LogP contribution is -2.37. The van der Waals surface area contributed by atoms with E-state index in [0.29, 0.717) is 10.6 Å². The zero-order valence-corrected chi connectivity index (χ0v) is 11.2. The number of hydrogen-bond donors (Lipinski definition) is 1. The van der Waals surface area contributed by atoms with Gasteiger partial charge in [-0.05, 0) is 38.4 Å². The number of piperidine rings is 1. The molecule has 0 atom stereocenters. The summed E-state index contributed by atoms with van der Waals surface area (Å²) in [4.78, 5) is 6.48. The fraction of sp³-hybridized carbons (Fsp3) is 0.538. The molecule has 2 heterocycles. The van der Waals surface area contributed by atoms with Crippen LogP contribution in [0, 0.1) is 17.2 Å². The Balaban J connectivity index is 2.08. The second kappa shape index (κ2) is 6.03. The normalized spacial score (nSPS) is 16.6. The van der Waals surface area contributed by atoms with Crippen LogP contribution in [-0.4, -0.2) is 31.7 Å². The minimum Gasteiger partial charge on any atom is -0.355 e. The number of rotatable bonds is 3. The summed E-state index contributed by atoms with van der Waals surface area (Å²) in [6.07, 6.45) is 3.92. The third-order valence-electron chi connectivity index (χ3n) is 3.40. The topological polar surface area (TPSA) is 52.0 Å². The lowest BCUT2D eigenvalue weighted by molar-refractivity contribution is 0.392. The van der Waals surface area contributed by atoms with Crippen molar-refractivity contribution in [3.63, 3.8) is 0 Å². The van der Waals surface area contributed by atoms with E-state index in [2.05, 4.69) is 21.3 Å². The van der Waals surface area contributed by atoms with Gasteiger partial charge in [0.15, 0.2) is 0 Å². The molecule has 1 aliphatic heterocycles. The number of nitrogens with zero attached hydrogens (tertiary/aromatic N) is 3. The molecule has 0 aromatic carbocycles. The first-order valence-corrected chi connectivity index (χ1v) is 6.58. The number of hydrogen-bond acceptors (Lipinski definition) is 4. The van der Waals surface area contributed by atoms with Gasteiger partial charge >= 0.3 is 0 Å². The molecule has 1 aromatic rings. The van der Waals surface area contributed by atoms with Crippen LogP contribution in [0.15, 0.2) is 12.3 Å². The fourth-order valence-electron chi connectivity index (χ4n) is 2.38. The molecule has 0 bridgehead atoms. The monoisotopic (exact) mass is 264 g/mol. The van der Waals surface area contributed by atoms with Crippen LogP contribution >= 0.6 is 11.6 Å². The van der Waals surface area contributed by atoms with Gasteiger partial charge in [0.2, 0.25) is 0 Å². The largest absolute Gasteiger partial charge is 0.355 e. The second-order valence-electron chi connectivity index (χ2n) is 4.60. The van der Waals surface area contributed by atoms with E-state index in [-0.39, 0.29) is 0 Å². The second-order valence-corrected chi connectivity index (χ2v) is 4.97. The van der Waals surface area contributed by atoms with Crippen LogP contribution in [0.4, 0.5) is 5.82 Å². The molecule has 1 saturated heterocycles. The molecule has 96 valence electrons. The van der Waals surface area contributed by atoms with Crippen molar-refractivity contribution in [1.29, 1.82) is 5.26 Å². The van der Waals surface area contributed by atoms with Crippen molar-refractivity contribution in [3.05, 3.63) is 22.8 Å². The predicted octanol–water partition coefficient (Wildman–Crippen LogP) is 2.04. The molecule has 2 rings (SSSR count). The van der Waals surface area contributed by atoms with Gasteiger partial charge in [0.1, 0.15) is 16.9 Å². The summed E-state index contributed by atoms with van der Waals surface area (Å²) in [6.45, 7) is 2.97. The van der Waals surface area contributed by atoms with Gasteiger partial charge in [-0.25, -0.2) is 4.98 Å².